The number of ether oxygens (including phenoxy) is 2. The van der Waals surface area contributed by atoms with E-state index in [1.807, 2.05) is 0 Å². The summed E-state index contributed by atoms with van der Waals surface area (Å²) in [6.07, 6.45) is -2.40. The molecular weight excluding hydrogens is 257 g/mol. The standard InChI is InChI=1S/C12H16FNO5/c1-5-8(13)6(3-14-12(5)17)10-11(18-2)9(16)7(4-15)19-10/h3,7,9-11,15-16H,4H2,1-2H3,(H,14,17)/t7-,9?,10+,11?/m1/s1. The minimum absolute atomic E-state index is 0.0575. The lowest BCUT2D eigenvalue weighted by molar-refractivity contribution is -0.0247. The zero-order valence-electron chi connectivity index (χ0n) is 10.6. The maximum absolute atomic E-state index is 14.1. The van der Waals surface area contributed by atoms with Crippen LogP contribution in [-0.4, -0.2) is 47.2 Å². The van der Waals surface area contributed by atoms with Gasteiger partial charge in [-0.3, -0.25) is 4.79 Å². The fourth-order valence-electron chi connectivity index (χ4n) is 2.24. The number of aromatic nitrogens is 1. The second-order valence-corrected chi connectivity index (χ2v) is 4.48. The quantitative estimate of drug-likeness (QED) is 0.699. The van der Waals surface area contributed by atoms with Crippen molar-refractivity contribution in [2.45, 2.75) is 31.3 Å². The molecule has 106 valence electrons. The number of pyridine rings is 1. The normalized spacial score (nSPS) is 30.8. The van der Waals surface area contributed by atoms with Gasteiger partial charge in [0, 0.05) is 18.9 Å². The first-order valence-corrected chi connectivity index (χ1v) is 5.86. The predicted molar refractivity (Wildman–Crippen MR) is 63.3 cm³/mol. The van der Waals surface area contributed by atoms with Crippen LogP contribution in [0.1, 0.15) is 17.2 Å². The zero-order chi connectivity index (χ0) is 14.2. The van der Waals surface area contributed by atoms with Crippen LogP contribution in [0.15, 0.2) is 11.0 Å². The Labute approximate surface area is 108 Å². The molecule has 19 heavy (non-hydrogen) atoms. The van der Waals surface area contributed by atoms with Gasteiger partial charge in [0.2, 0.25) is 0 Å². The van der Waals surface area contributed by atoms with Crippen LogP contribution in [0.2, 0.25) is 0 Å². The van der Waals surface area contributed by atoms with Crippen molar-refractivity contribution < 1.29 is 24.1 Å². The molecule has 6 nitrogen and oxygen atoms in total. The van der Waals surface area contributed by atoms with Crippen LogP contribution in [0.25, 0.3) is 0 Å². The summed E-state index contributed by atoms with van der Waals surface area (Å²) in [5.41, 5.74) is -0.482. The first kappa shape index (κ1) is 14.1. The number of aliphatic hydroxyl groups excluding tert-OH is 2. The Bertz CT molecular complexity index is 517. The molecule has 2 unspecified atom stereocenters. The molecule has 0 bridgehead atoms. The maximum Gasteiger partial charge on any atom is 0.253 e. The van der Waals surface area contributed by atoms with Gasteiger partial charge in [-0.25, -0.2) is 4.39 Å². The summed E-state index contributed by atoms with van der Waals surface area (Å²) in [6.45, 7) is 0.954. The summed E-state index contributed by atoms with van der Waals surface area (Å²) in [6, 6.07) is 0. The number of hydrogen-bond donors (Lipinski definition) is 3. The van der Waals surface area contributed by atoms with Gasteiger partial charge in [-0.15, -0.1) is 0 Å². The minimum atomic E-state index is -1.06. The second-order valence-electron chi connectivity index (χ2n) is 4.48. The molecular formula is C12H16FNO5. The van der Waals surface area contributed by atoms with E-state index in [-0.39, 0.29) is 11.1 Å². The van der Waals surface area contributed by atoms with Crippen molar-refractivity contribution in [3.05, 3.63) is 33.5 Å². The number of methoxy groups -OCH3 is 1. The van der Waals surface area contributed by atoms with Crippen molar-refractivity contribution in [1.82, 2.24) is 4.98 Å². The summed E-state index contributed by atoms with van der Waals surface area (Å²) >= 11 is 0. The Balaban J connectivity index is 2.41. The molecule has 7 heteroatoms. The van der Waals surface area contributed by atoms with Crippen molar-refractivity contribution in [1.29, 1.82) is 0 Å². The van der Waals surface area contributed by atoms with Crippen LogP contribution >= 0.6 is 0 Å². The number of H-pyrrole nitrogens is 1. The SMILES string of the molecule is COC1C(O)[C@@H](CO)O[C@H]1c1c[nH]c(=O)c(C)c1F. The van der Waals surface area contributed by atoms with Crippen molar-refractivity contribution in [3.8, 4) is 0 Å². The third kappa shape index (κ3) is 2.30. The van der Waals surface area contributed by atoms with Crippen LogP contribution < -0.4 is 5.56 Å². The maximum atomic E-state index is 14.1. The fraction of sp³-hybridized carbons (Fsp3) is 0.583. The van der Waals surface area contributed by atoms with Gasteiger partial charge in [-0.05, 0) is 6.92 Å². The summed E-state index contributed by atoms with van der Waals surface area (Å²) in [5.74, 6) is -0.693. The van der Waals surface area contributed by atoms with Gasteiger partial charge in [-0.1, -0.05) is 0 Å². The smallest absolute Gasteiger partial charge is 0.253 e. The highest BCUT2D eigenvalue weighted by molar-refractivity contribution is 5.24. The lowest BCUT2D eigenvalue weighted by atomic mass is 10.0. The average molecular weight is 273 g/mol. The van der Waals surface area contributed by atoms with E-state index in [0.29, 0.717) is 0 Å². The van der Waals surface area contributed by atoms with Gasteiger partial charge >= 0.3 is 0 Å². The van der Waals surface area contributed by atoms with Crippen LogP contribution in [0.3, 0.4) is 0 Å². The summed E-state index contributed by atoms with van der Waals surface area (Å²) in [7, 11) is 1.36. The summed E-state index contributed by atoms with van der Waals surface area (Å²) < 4.78 is 24.6. The molecule has 1 fully saturated rings. The first-order chi connectivity index (χ1) is 9.01. The van der Waals surface area contributed by atoms with Crippen LogP contribution in [0.5, 0.6) is 0 Å². The van der Waals surface area contributed by atoms with E-state index in [1.54, 1.807) is 0 Å². The average Bonchev–Trinajstić information content (AvgIpc) is 2.72. The van der Waals surface area contributed by atoms with Gasteiger partial charge in [0.1, 0.15) is 30.2 Å². The number of hydrogen-bond acceptors (Lipinski definition) is 5. The molecule has 0 saturated carbocycles. The Kier molecular flexibility index (Phi) is 4.00. The van der Waals surface area contributed by atoms with E-state index in [0.717, 1.165) is 0 Å². The van der Waals surface area contributed by atoms with Gasteiger partial charge in [-0.2, -0.15) is 0 Å². The van der Waals surface area contributed by atoms with E-state index in [4.69, 9.17) is 14.6 Å². The molecule has 0 amide bonds. The molecule has 1 aromatic rings. The predicted octanol–water partition coefficient (Wildman–Crippen LogP) is -0.369. The number of halogens is 1. The highest BCUT2D eigenvalue weighted by Crippen LogP contribution is 2.36. The molecule has 0 radical (unpaired) electrons. The molecule has 0 aliphatic carbocycles. The second kappa shape index (κ2) is 5.38. The molecule has 0 aromatic carbocycles. The monoisotopic (exact) mass is 273 g/mol. The largest absolute Gasteiger partial charge is 0.394 e. The Hall–Kier alpha value is -1.28. The van der Waals surface area contributed by atoms with Gasteiger partial charge < -0.3 is 24.7 Å². The molecule has 1 aromatic heterocycles. The van der Waals surface area contributed by atoms with E-state index in [2.05, 4.69) is 4.98 Å². The fourth-order valence-corrected chi connectivity index (χ4v) is 2.24. The van der Waals surface area contributed by atoms with E-state index < -0.39 is 42.4 Å². The minimum Gasteiger partial charge on any atom is -0.394 e. The molecule has 3 N–H and O–H groups in total. The topological polar surface area (TPSA) is 91.8 Å². The van der Waals surface area contributed by atoms with E-state index >= 15 is 0 Å². The van der Waals surface area contributed by atoms with Crippen LogP contribution in [0.4, 0.5) is 4.39 Å². The van der Waals surface area contributed by atoms with Crippen molar-refractivity contribution in [2.24, 2.45) is 0 Å². The van der Waals surface area contributed by atoms with E-state index in [1.165, 1.54) is 20.2 Å². The lowest BCUT2D eigenvalue weighted by Gasteiger charge is -2.19. The Morgan fingerprint density at radius 1 is 1.58 bits per heavy atom. The van der Waals surface area contributed by atoms with E-state index in [9.17, 15) is 14.3 Å². The number of nitrogens with one attached hydrogen (secondary N) is 1. The molecule has 2 rings (SSSR count). The van der Waals surface area contributed by atoms with Crippen LogP contribution in [0, 0.1) is 12.7 Å². The van der Waals surface area contributed by atoms with Gasteiger partial charge in [0.25, 0.3) is 5.56 Å². The molecule has 4 atom stereocenters. The highest BCUT2D eigenvalue weighted by atomic mass is 19.1. The van der Waals surface area contributed by atoms with Crippen molar-refractivity contribution >= 4 is 0 Å². The third-order valence-corrected chi connectivity index (χ3v) is 3.38. The Morgan fingerprint density at radius 3 is 2.84 bits per heavy atom. The van der Waals surface area contributed by atoms with Gasteiger partial charge in [0.05, 0.1) is 12.2 Å². The third-order valence-electron chi connectivity index (χ3n) is 3.38. The lowest BCUT2D eigenvalue weighted by Crippen LogP contribution is -2.34. The molecule has 1 aliphatic heterocycles. The molecule has 1 aliphatic rings. The van der Waals surface area contributed by atoms with Gasteiger partial charge in [0.15, 0.2) is 0 Å². The number of aliphatic hydroxyl groups is 2. The van der Waals surface area contributed by atoms with Crippen LogP contribution in [-0.2, 0) is 9.47 Å². The Morgan fingerprint density at radius 2 is 2.26 bits per heavy atom. The van der Waals surface area contributed by atoms with Crippen molar-refractivity contribution in [2.75, 3.05) is 13.7 Å². The summed E-state index contributed by atoms with van der Waals surface area (Å²) in [4.78, 5) is 13.7. The van der Waals surface area contributed by atoms with Crippen molar-refractivity contribution in [3.63, 3.8) is 0 Å². The first-order valence-electron chi connectivity index (χ1n) is 5.86. The molecule has 2 heterocycles. The summed E-state index contributed by atoms with van der Waals surface area (Å²) in [5, 5.41) is 19.0. The number of rotatable bonds is 3. The highest BCUT2D eigenvalue weighted by Gasteiger charge is 2.45. The molecule has 1 saturated heterocycles. The zero-order valence-corrected chi connectivity index (χ0v) is 10.6. The number of aromatic amines is 1. The molecule has 0 spiro atoms.